The predicted octanol–water partition coefficient (Wildman–Crippen LogP) is 9.95. The largest absolute Gasteiger partial charge is 0.460 e. The second-order valence-corrected chi connectivity index (χ2v) is 10.3. The lowest BCUT2D eigenvalue weighted by atomic mass is 10.0. The summed E-state index contributed by atoms with van der Waals surface area (Å²) in [6, 6.07) is 16.1. The summed E-state index contributed by atoms with van der Waals surface area (Å²) < 4.78 is 11.2. The molecular formula is C30H47O3P. The first-order valence-electron chi connectivity index (χ1n) is 13.7. The summed E-state index contributed by atoms with van der Waals surface area (Å²) in [5.74, 6) is 1.29. The van der Waals surface area contributed by atoms with Crippen molar-refractivity contribution in [3.8, 4) is 11.5 Å². The van der Waals surface area contributed by atoms with Crippen LogP contribution in [0, 0.1) is 0 Å². The van der Waals surface area contributed by atoms with Crippen LogP contribution in [0.5, 0.6) is 11.5 Å². The van der Waals surface area contributed by atoms with E-state index >= 15 is 0 Å². The third kappa shape index (κ3) is 13.4. The molecular weight excluding hydrogens is 439 g/mol. The number of hydrogen-bond donors (Lipinski definition) is 1. The Balaban J connectivity index is 1.61. The minimum absolute atomic E-state index is 0.646. The number of aryl methyl sites for hydroxylation is 2. The average Bonchev–Trinajstić information content (AvgIpc) is 2.85. The zero-order valence-corrected chi connectivity index (χ0v) is 22.5. The smallest absolute Gasteiger partial charge is 0.418 e. The highest BCUT2D eigenvalue weighted by Gasteiger charge is 2.11. The molecule has 0 bridgehead atoms. The van der Waals surface area contributed by atoms with E-state index in [4.69, 9.17) is 9.05 Å². The standard InChI is InChI=1S/C30H47O3P/c1-3-5-7-9-11-13-15-17-27-19-23-29(24-20-27)32-34(31)33-30-25-21-28(22-26-30)18-16-14-12-10-8-6-4-2/h19-26,31H,3-18H2,1-2H3. The Hall–Kier alpha value is -1.57. The summed E-state index contributed by atoms with van der Waals surface area (Å²) in [6.07, 6.45) is 20.8. The fraction of sp³-hybridized carbons (Fsp3) is 0.600. The first-order chi connectivity index (χ1) is 16.7. The Morgan fingerprint density at radius 3 is 1.18 bits per heavy atom. The zero-order chi connectivity index (χ0) is 24.3. The molecule has 3 nitrogen and oxygen atoms in total. The third-order valence-electron chi connectivity index (χ3n) is 6.35. The van der Waals surface area contributed by atoms with Crippen molar-refractivity contribution in [1.29, 1.82) is 0 Å². The maximum atomic E-state index is 10.2. The SMILES string of the molecule is CCCCCCCCCc1ccc(OP(O)Oc2ccc(CCCCCCCCC)cc2)cc1. The predicted molar refractivity (Wildman–Crippen MR) is 147 cm³/mol. The molecule has 0 fully saturated rings. The van der Waals surface area contributed by atoms with Gasteiger partial charge in [-0.05, 0) is 61.1 Å². The van der Waals surface area contributed by atoms with Gasteiger partial charge in [0.1, 0.15) is 11.5 Å². The number of benzene rings is 2. The Labute approximate surface area is 210 Å². The second-order valence-electron chi connectivity index (χ2n) is 9.45. The molecule has 1 N–H and O–H groups in total. The lowest BCUT2D eigenvalue weighted by molar-refractivity contribution is 0.381. The normalized spacial score (nSPS) is 11.2. The van der Waals surface area contributed by atoms with Crippen molar-refractivity contribution in [2.45, 2.75) is 117 Å². The first-order valence-corrected chi connectivity index (χ1v) is 14.9. The van der Waals surface area contributed by atoms with Crippen molar-refractivity contribution in [3.63, 3.8) is 0 Å². The summed E-state index contributed by atoms with van der Waals surface area (Å²) in [7, 11) is -1.99. The molecule has 34 heavy (non-hydrogen) atoms. The van der Waals surface area contributed by atoms with E-state index < -0.39 is 8.60 Å². The van der Waals surface area contributed by atoms with Gasteiger partial charge in [-0.2, -0.15) is 0 Å². The van der Waals surface area contributed by atoms with Crippen LogP contribution in [0.1, 0.15) is 115 Å². The van der Waals surface area contributed by atoms with Gasteiger partial charge in [-0.15, -0.1) is 0 Å². The summed E-state index contributed by atoms with van der Waals surface area (Å²) in [6.45, 7) is 4.52. The molecule has 0 radical (unpaired) electrons. The van der Waals surface area contributed by atoms with E-state index in [2.05, 4.69) is 38.1 Å². The Morgan fingerprint density at radius 2 is 0.824 bits per heavy atom. The molecule has 2 aromatic rings. The van der Waals surface area contributed by atoms with Crippen LogP contribution in [0.25, 0.3) is 0 Å². The van der Waals surface area contributed by atoms with E-state index in [1.54, 1.807) is 0 Å². The molecule has 4 heteroatoms. The Bertz CT molecular complexity index is 666. The fourth-order valence-electron chi connectivity index (χ4n) is 4.21. The molecule has 0 heterocycles. The van der Waals surface area contributed by atoms with Crippen LogP contribution in [-0.2, 0) is 12.8 Å². The number of rotatable bonds is 20. The van der Waals surface area contributed by atoms with E-state index in [1.165, 1.54) is 101 Å². The minimum atomic E-state index is -1.99. The molecule has 0 aliphatic rings. The lowest BCUT2D eigenvalue weighted by Crippen LogP contribution is -1.95. The van der Waals surface area contributed by atoms with Crippen LogP contribution in [0.4, 0.5) is 0 Å². The molecule has 0 saturated carbocycles. The molecule has 0 aliphatic carbocycles. The van der Waals surface area contributed by atoms with Crippen molar-refractivity contribution in [2.75, 3.05) is 0 Å². The van der Waals surface area contributed by atoms with E-state index in [0.29, 0.717) is 11.5 Å². The van der Waals surface area contributed by atoms with Gasteiger partial charge < -0.3 is 13.9 Å². The van der Waals surface area contributed by atoms with Gasteiger partial charge in [0, 0.05) is 0 Å². The van der Waals surface area contributed by atoms with Gasteiger partial charge in [0.25, 0.3) is 0 Å². The Morgan fingerprint density at radius 1 is 0.500 bits per heavy atom. The van der Waals surface area contributed by atoms with Crippen molar-refractivity contribution in [3.05, 3.63) is 59.7 Å². The maximum Gasteiger partial charge on any atom is 0.460 e. The molecule has 190 valence electrons. The van der Waals surface area contributed by atoms with Crippen molar-refractivity contribution >= 4 is 8.60 Å². The van der Waals surface area contributed by atoms with E-state index in [0.717, 1.165) is 12.8 Å². The van der Waals surface area contributed by atoms with Gasteiger partial charge in [-0.25, -0.2) is 0 Å². The first kappa shape index (κ1) is 28.7. The zero-order valence-electron chi connectivity index (χ0n) is 21.6. The van der Waals surface area contributed by atoms with Gasteiger partial charge >= 0.3 is 8.60 Å². The molecule has 2 rings (SSSR count). The van der Waals surface area contributed by atoms with Gasteiger partial charge in [0.15, 0.2) is 0 Å². The topological polar surface area (TPSA) is 38.7 Å². The molecule has 0 saturated heterocycles. The fourth-order valence-corrected chi connectivity index (χ4v) is 4.85. The summed E-state index contributed by atoms with van der Waals surface area (Å²) in [5.41, 5.74) is 2.64. The molecule has 0 atom stereocenters. The molecule has 0 aromatic heterocycles. The monoisotopic (exact) mass is 486 g/mol. The Kier molecular flexibility index (Phi) is 15.8. The van der Waals surface area contributed by atoms with Crippen LogP contribution in [0.15, 0.2) is 48.5 Å². The van der Waals surface area contributed by atoms with Crippen molar-refractivity contribution in [1.82, 2.24) is 0 Å². The van der Waals surface area contributed by atoms with Gasteiger partial charge in [-0.3, -0.25) is 0 Å². The van der Waals surface area contributed by atoms with Crippen LogP contribution >= 0.6 is 8.60 Å². The van der Waals surface area contributed by atoms with Crippen molar-refractivity contribution < 1.29 is 13.9 Å². The lowest BCUT2D eigenvalue weighted by Gasteiger charge is -2.13. The van der Waals surface area contributed by atoms with Crippen molar-refractivity contribution in [2.24, 2.45) is 0 Å². The highest BCUT2D eigenvalue weighted by molar-refractivity contribution is 7.41. The highest BCUT2D eigenvalue weighted by atomic mass is 31.2. The average molecular weight is 487 g/mol. The van der Waals surface area contributed by atoms with E-state index in [9.17, 15) is 4.89 Å². The summed E-state index contributed by atoms with van der Waals surface area (Å²) in [5, 5.41) is 0. The van der Waals surface area contributed by atoms with Crippen LogP contribution in [-0.4, -0.2) is 4.89 Å². The summed E-state index contributed by atoms with van der Waals surface area (Å²) in [4.78, 5) is 10.2. The minimum Gasteiger partial charge on any atom is -0.418 e. The molecule has 0 aliphatic heterocycles. The second kappa shape index (κ2) is 18.7. The third-order valence-corrected chi connectivity index (χ3v) is 7.09. The van der Waals surface area contributed by atoms with E-state index in [1.807, 2.05) is 24.3 Å². The van der Waals surface area contributed by atoms with Crippen LogP contribution in [0.3, 0.4) is 0 Å². The van der Waals surface area contributed by atoms with E-state index in [-0.39, 0.29) is 0 Å². The van der Waals surface area contributed by atoms with Gasteiger partial charge in [0.05, 0.1) is 0 Å². The molecule has 0 spiro atoms. The van der Waals surface area contributed by atoms with Gasteiger partial charge in [0.2, 0.25) is 0 Å². The molecule has 0 amide bonds. The highest BCUT2D eigenvalue weighted by Crippen LogP contribution is 2.36. The van der Waals surface area contributed by atoms with Crippen LogP contribution in [0.2, 0.25) is 0 Å². The molecule has 0 unspecified atom stereocenters. The number of unbranched alkanes of at least 4 members (excludes halogenated alkanes) is 12. The van der Waals surface area contributed by atoms with Gasteiger partial charge in [-0.1, -0.05) is 115 Å². The molecule has 2 aromatic carbocycles. The summed E-state index contributed by atoms with van der Waals surface area (Å²) >= 11 is 0. The maximum absolute atomic E-state index is 10.2. The van der Waals surface area contributed by atoms with Crippen LogP contribution < -0.4 is 9.05 Å². The quantitative estimate of drug-likeness (QED) is 0.149. The number of hydrogen-bond acceptors (Lipinski definition) is 3.